The largest absolute Gasteiger partial charge is 0.504 e. The van der Waals surface area contributed by atoms with Crippen molar-refractivity contribution in [2.45, 2.75) is 23.3 Å². The number of fused-ring (bicyclic) bond motifs is 1. The summed E-state index contributed by atoms with van der Waals surface area (Å²) >= 11 is 0. The molecule has 1 unspecified atom stereocenters. The lowest BCUT2D eigenvalue weighted by Gasteiger charge is -2.52. The number of nitrogens with zero attached hydrogens (tertiary/aromatic N) is 1. The Morgan fingerprint density at radius 1 is 1.11 bits per heavy atom. The third kappa shape index (κ3) is 2.05. The molecule has 0 bridgehead atoms. The molecule has 0 saturated carbocycles. The van der Waals surface area contributed by atoms with Gasteiger partial charge in [0.25, 0.3) is 11.8 Å². The van der Waals surface area contributed by atoms with Gasteiger partial charge in [0.05, 0.1) is 22.3 Å². The molecular formula is C13H14B2FN3O8. The molecule has 1 aromatic carbocycles. The molecule has 2 atom stereocenters. The summed E-state index contributed by atoms with van der Waals surface area (Å²) in [6.07, 6.45) is -0.688. The molecule has 3 amide bonds. The summed E-state index contributed by atoms with van der Waals surface area (Å²) in [6, 6.07) is 0. The number of hydrogen-bond donors (Lipinski definition) is 7. The monoisotopic (exact) mass is 381 g/mol. The molecule has 1 aromatic rings. The Balaban J connectivity index is 2.32. The Bertz CT molecular complexity index is 937. The molecule has 1 saturated heterocycles. The summed E-state index contributed by atoms with van der Waals surface area (Å²) in [4.78, 5) is 37.0. The maximum absolute atomic E-state index is 13.9. The molecule has 0 aliphatic carbocycles. The number of anilines is 1. The highest BCUT2D eigenvalue weighted by Gasteiger charge is 2.67. The van der Waals surface area contributed by atoms with Gasteiger partial charge in [0.15, 0.2) is 19.3 Å². The number of nitrogens with two attached hydrogens (primary N) is 1. The molecule has 2 aliphatic rings. The van der Waals surface area contributed by atoms with Gasteiger partial charge in [-0.3, -0.25) is 24.6 Å². The molecule has 0 aromatic heterocycles. The summed E-state index contributed by atoms with van der Waals surface area (Å²) in [6.45, 7) is 0. The third-order valence-electron chi connectivity index (χ3n) is 5.19. The highest BCUT2D eigenvalue weighted by atomic mass is 19.1. The second-order valence-corrected chi connectivity index (χ2v) is 6.85. The van der Waals surface area contributed by atoms with E-state index in [2.05, 4.69) is 0 Å². The Morgan fingerprint density at radius 3 is 2.19 bits per heavy atom. The van der Waals surface area contributed by atoms with Crippen LogP contribution in [0.3, 0.4) is 0 Å². The fraction of sp³-hybridized carbons (Fsp3) is 0.308. The molecule has 1 fully saturated rings. The fourth-order valence-electron chi connectivity index (χ4n) is 3.51. The molecule has 27 heavy (non-hydrogen) atoms. The molecule has 2 heterocycles. The van der Waals surface area contributed by atoms with Crippen molar-refractivity contribution in [2.75, 3.05) is 5.73 Å². The van der Waals surface area contributed by atoms with Gasteiger partial charge >= 0.3 is 0 Å². The average molecular weight is 381 g/mol. The van der Waals surface area contributed by atoms with Crippen molar-refractivity contribution >= 4 is 39.1 Å². The number of phenols is 2. The molecule has 8 N–H and O–H groups in total. The van der Waals surface area contributed by atoms with Crippen LogP contribution < -0.4 is 11.1 Å². The lowest BCUT2D eigenvalue weighted by atomic mass is 9.52. The van der Waals surface area contributed by atoms with E-state index in [1.54, 1.807) is 0 Å². The number of nitrogens with one attached hydrogen (secondary N) is 1. The first-order valence-electron chi connectivity index (χ1n) is 7.59. The van der Waals surface area contributed by atoms with Crippen molar-refractivity contribution in [2.24, 2.45) is 0 Å². The highest BCUT2D eigenvalue weighted by Crippen LogP contribution is 2.51. The minimum absolute atomic E-state index is 0.0708. The Kier molecular flexibility index (Phi) is 3.59. The summed E-state index contributed by atoms with van der Waals surface area (Å²) in [5, 5.41) is 53.2. The molecule has 3 rings (SSSR count). The minimum atomic E-state index is -3.43. The van der Waals surface area contributed by atoms with Crippen LogP contribution >= 0.6 is 0 Å². The van der Waals surface area contributed by atoms with Crippen molar-refractivity contribution in [3.05, 3.63) is 16.9 Å². The molecule has 0 radical (unpaired) electrons. The van der Waals surface area contributed by atoms with E-state index in [-0.39, 0.29) is 4.90 Å². The summed E-state index contributed by atoms with van der Waals surface area (Å²) in [7, 11) is 1.96. The number of aromatic hydroxyl groups is 2. The second kappa shape index (κ2) is 5.12. The maximum Gasteiger partial charge on any atom is 0.281 e. The van der Waals surface area contributed by atoms with Gasteiger partial charge in [0.1, 0.15) is 13.3 Å². The number of hydrogen-bond acceptors (Lipinski definition) is 9. The number of amides is 3. The molecule has 2 aliphatic heterocycles. The van der Waals surface area contributed by atoms with Crippen LogP contribution in [0.1, 0.15) is 22.3 Å². The van der Waals surface area contributed by atoms with Gasteiger partial charge in [0.2, 0.25) is 17.6 Å². The average Bonchev–Trinajstić information content (AvgIpc) is 2.74. The number of piperidine rings is 1. The van der Waals surface area contributed by atoms with E-state index in [1.165, 1.54) is 0 Å². The van der Waals surface area contributed by atoms with E-state index in [9.17, 15) is 44.3 Å². The van der Waals surface area contributed by atoms with Gasteiger partial charge in [-0.1, -0.05) is 0 Å². The summed E-state index contributed by atoms with van der Waals surface area (Å²) in [5.41, 5.74) is -2.19. The predicted molar refractivity (Wildman–Crippen MR) is 89.0 cm³/mol. The number of imide groups is 1. The van der Waals surface area contributed by atoms with Crippen LogP contribution in [-0.4, -0.2) is 74.8 Å². The smallest absolute Gasteiger partial charge is 0.281 e. The summed E-state index contributed by atoms with van der Waals surface area (Å²) in [5.74, 6) is -11.5. The van der Waals surface area contributed by atoms with E-state index in [0.29, 0.717) is 0 Å². The van der Waals surface area contributed by atoms with Crippen LogP contribution in [0.5, 0.6) is 11.5 Å². The molecule has 11 nitrogen and oxygen atoms in total. The van der Waals surface area contributed by atoms with Gasteiger partial charge < -0.3 is 31.3 Å². The zero-order chi connectivity index (χ0) is 20.7. The first kappa shape index (κ1) is 18.9. The number of nitrogen functional groups attached to an aromatic ring is 1. The van der Waals surface area contributed by atoms with Gasteiger partial charge in [-0.05, 0) is 0 Å². The number of carbonyl (C=O) groups is 3. The lowest BCUT2D eigenvalue weighted by molar-refractivity contribution is -0.273. The molecule has 142 valence electrons. The highest BCUT2D eigenvalue weighted by molar-refractivity contribution is 6.40. The van der Waals surface area contributed by atoms with Crippen molar-refractivity contribution in [3.63, 3.8) is 0 Å². The number of phenolic OH excluding ortho intramolecular Hbond substituents is 2. The Hall–Kier alpha value is -2.83. The zero-order valence-electron chi connectivity index (χ0n) is 14.1. The van der Waals surface area contributed by atoms with Crippen LogP contribution in [-0.2, 0) is 15.5 Å². The quantitative estimate of drug-likeness (QED) is 0.0623. The number of benzene rings is 1. The molecule has 0 spiro atoms. The van der Waals surface area contributed by atoms with E-state index < -0.39 is 75.1 Å². The van der Waals surface area contributed by atoms with Gasteiger partial charge in [-0.25, -0.2) is 0 Å². The zero-order valence-corrected chi connectivity index (χ0v) is 14.1. The standard InChI is InChI=1S/C13H14B2FN3O8/c14-11(25)1-2(20)18-10(24)12(11,15)19-9(23)3-4(13(19,26)27)6(17)8(22)5(16)7(3)21/h21-22,25-27H,1,14-15,17H2,(H,18,20,24)/t11?,12-/m1/s1. The lowest BCUT2D eigenvalue weighted by Crippen LogP contribution is -2.79. The van der Waals surface area contributed by atoms with Gasteiger partial charge in [-0.2, -0.15) is 4.39 Å². The van der Waals surface area contributed by atoms with Crippen LogP contribution in [0.4, 0.5) is 10.1 Å². The molecular weight excluding hydrogens is 367 g/mol. The van der Waals surface area contributed by atoms with Crippen LogP contribution in [0.15, 0.2) is 0 Å². The number of carbonyl (C=O) groups excluding carboxylic acids is 3. The third-order valence-corrected chi connectivity index (χ3v) is 5.19. The van der Waals surface area contributed by atoms with Gasteiger partial charge in [0, 0.05) is 6.42 Å². The number of rotatable bonds is 1. The fourth-order valence-corrected chi connectivity index (χ4v) is 3.51. The van der Waals surface area contributed by atoms with Crippen molar-refractivity contribution in [3.8, 4) is 11.5 Å². The van der Waals surface area contributed by atoms with E-state index >= 15 is 0 Å². The maximum atomic E-state index is 13.9. The first-order valence-corrected chi connectivity index (χ1v) is 7.59. The topological polar surface area (TPSA) is 194 Å². The predicted octanol–water partition coefficient (Wildman–Crippen LogP) is -4.93. The Morgan fingerprint density at radius 2 is 1.67 bits per heavy atom. The van der Waals surface area contributed by atoms with E-state index in [4.69, 9.17) is 5.73 Å². The van der Waals surface area contributed by atoms with Crippen molar-refractivity contribution in [1.29, 1.82) is 0 Å². The van der Waals surface area contributed by atoms with E-state index in [0.717, 1.165) is 15.7 Å². The van der Waals surface area contributed by atoms with Crippen LogP contribution in [0.2, 0.25) is 0 Å². The van der Waals surface area contributed by atoms with Crippen LogP contribution in [0, 0.1) is 5.82 Å². The van der Waals surface area contributed by atoms with Gasteiger partial charge in [-0.15, -0.1) is 0 Å². The number of aliphatic hydroxyl groups is 3. The summed E-state index contributed by atoms with van der Waals surface area (Å²) < 4.78 is 13.9. The first-order chi connectivity index (χ1) is 12.2. The normalized spacial score (nSPS) is 29.6. The number of halogens is 1. The van der Waals surface area contributed by atoms with Crippen LogP contribution in [0.25, 0.3) is 0 Å². The minimum Gasteiger partial charge on any atom is -0.504 e. The second-order valence-electron chi connectivity index (χ2n) is 6.85. The Labute approximate surface area is 152 Å². The molecule has 14 heteroatoms. The van der Waals surface area contributed by atoms with E-state index in [1.807, 2.05) is 5.32 Å². The SMILES string of the molecule is BC1(O)CC(=O)NC(=O)[C@@]1(B)N1C(=O)c2c(O)c(F)c(O)c(N)c2C1(O)O. The van der Waals surface area contributed by atoms with Crippen molar-refractivity contribution in [1.82, 2.24) is 10.2 Å². The van der Waals surface area contributed by atoms with Crippen molar-refractivity contribution < 1.29 is 44.3 Å².